The summed E-state index contributed by atoms with van der Waals surface area (Å²) >= 11 is 0. The summed E-state index contributed by atoms with van der Waals surface area (Å²) in [5, 5.41) is 4.60. The molecule has 0 aliphatic rings. The van der Waals surface area contributed by atoms with Crippen LogP contribution in [-0.4, -0.2) is 11.0 Å². The Morgan fingerprint density at radius 2 is 1.90 bits per heavy atom. The summed E-state index contributed by atoms with van der Waals surface area (Å²) in [6.07, 6.45) is 2.65. The third kappa shape index (κ3) is 3.37. The zero-order chi connectivity index (χ0) is 14.7. The lowest BCUT2D eigenvalue weighted by Gasteiger charge is -2.15. The highest BCUT2D eigenvalue weighted by Crippen LogP contribution is 2.18. The second-order valence-corrected chi connectivity index (χ2v) is 5.29. The van der Waals surface area contributed by atoms with Crippen LogP contribution >= 0.6 is 0 Å². The van der Waals surface area contributed by atoms with Crippen molar-refractivity contribution in [1.82, 2.24) is 4.98 Å². The summed E-state index contributed by atoms with van der Waals surface area (Å²) in [6.45, 7) is 2.12. The Morgan fingerprint density at radius 3 is 2.71 bits per heavy atom. The largest absolute Gasteiger partial charge is 0.382 e. The van der Waals surface area contributed by atoms with E-state index in [1.165, 1.54) is 12.1 Å². The second kappa shape index (κ2) is 5.92. The zero-order valence-corrected chi connectivity index (χ0v) is 11.9. The maximum absolute atomic E-state index is 12.9. The van der Waals surface area contributed by atoms with Gasteiger partial charge in [0, 0.05) is 23.3 Å². The number of rotatable bonds is 4. The minimum Gasteiger partial charge on any atom is -0.382 e. The van der Waals surface area contributed by atoms with Gasteiger partial charge in [-0.2, -0.15) is 0 Å². The molecule has 0 radical (unpaired) electrons. The van der Waals surface area contributed by atoms with Crippen LogP contribution in [0.1, 0.15) is 12.5 Å². The number of halogens is 1. The van der Waals surface area contributed by atoms with Gasteiger partial charge in [-0.25, -0.2) is 4.39 Å². The van der Waals surface area contributed by atoms with E-state index in [0.29, 0.717) is 0 Å². The third-order valence-corrected chi connectivity index (χ3v) is 3.47. The molecule has 0 spiro atoms. The number of fused-ring (bicyclic) bond motifs is 1. The molecule has 3 rings (SSSR count). The van der Waals surface area contributed by atoms with E-state index in [0.717, 1.165) is 28.6 Å². The number of benzene rings is 2. The molecule has 0 aliphatic heterocycles. The van der Waals surface area contributed by atoms with E-state index in [1.807, 2.05) is 30.3 Å². The smallest absolute Gasteiger partial charge is 0.123 e. The molecular weight excluding hydrogens is 263 g/mol. The lowest BCUT2D eigenvalue weighted by molar-refractivity contribution is 0.626. The molecule has 1 atom stereocenters. The van der Waals surface area contributed by atoms with Gasteiger partial charge in [0.05, 0.1) is 5.52 Å². The van der Waals surface area contributed by atoms with E-state index in [2.05, 4.69) is 29.4 Å². The molecule has 0 saturated carbocycles. The first-order valence-electron chi connectivity index (χ1n) is 7.06. The lowest BCUT2D eigenvalue weighted by Crippen LogP contribution is -2.18. The average molecular weight is 280 g/mol. The minimum absolute atomic E-state index is 0.193. The van der Waals surface area contributed by atoms with Crippen molar-refractivity contribution in [2.45, 2.75) is 19.4 Å². The van der Waals surface area contributed by atoms with Crippen molar-refractivity contribution in [2.75, 3.05) is 5.32 Å². The molecule has 2 aromatic carbocycles. The second-order valence-electron chi connectivity index (χ2n) is 5.29. The van der Waals surface area contributed by atoms with Crippen LogP contribution in [0, 0.1) is 5.82 Å². The molecule has 0 bridgehead atoms. The summed E-state index contributed by atoms with van der Waals surface area (Å²) in [6, 6.07) is 17.1. The highest BCUT2D eigenvalue weighted by atomic mass is 19.1. The molecule has 0 amide bonds. The van der Waals surface area contributed by atoms with Crippen LogP contribution < -0.4 is 5.32 Å². The van der Waals surface area contributed by atoms with E-state index >= 15 is 0 Å². The van der Waals surface area contributed by atoms with E-state index < -0.39 is 0 Å². The molecule has 1 aromatic heterocycles. The normalized spacial score (nSPS) is 12.3. The molecule has 3 aromatic rings. The number of hydrogen-bond acceptors (Lipinski definition) is 2. The Hall–Kier alpha value is -2.42. The van der Waals surface area contributed by atoms with Gasteiger partial charge in [-0.15, -0.1) is 0 Å². The summed E-state index contributed by atoms with van der Waals surface area (Å²) in [7, 11) is 0. The van der Waals surface area contributed by atoms with Gasteiger partial charge in [-0.3, -0.25) is 4.98 Å². The van der Waals surface area contributed by atoms with Crippen molar-refractivity contribution in [3.63, 3.8) is 0 Å². The Morgan fingerprint density at radius 1 is 1.10 bits per heavy atom. The Bertz CT molecular complexity index is 738. The van der Waals surface area contributed by atoms with Crippen molar-refractivity contribution in [2.24, 2.45) is 0 Å². The van der Waals surface area contributed by atoms with Gasteiger partial charge >= 0.3 is 0 Å². The van der Waals surface area contributed by atoms with Crippen molar-refractivity contribution in [1.29, 1.82) is 0 Å². The molecule has 1 unspecified atom stereocenters. The fourth-order valence-corrected chi connectivity index (χ4v) is 2.47. The van der Waals surface area contributed by atoms with Gasteiger partial charge in [-0.1, -0.05) is 18.2 Å². The van der Waals surface area contributed by atoms with E-state index in [1.54, 1.807) is 6.20 Å². The van der Waals surface area contributed by atoms with Crippen molar-refractivity contribution >= 4 is 16.6 Å². The summed E-state index contributed by atoms with van der Waals surface area (Å²) in [5.74, 6) is -0.193. The molecule has 0 aliphatic carbocycles. The van der Waals surface area contributed by atoms with Crippen LogP contribution in [-0.2, 0) is 6.42 Å². The van der Waals surface area contributed by atoms with Crippen LogP contribution in [0.25, 0.3) is 10.9 Å². The maximum Gasteiger partial charge on any atom is 0.123 e. The van der Waals surface area contributed by atoms with E-state index in [9.17, 15) is 4.39 Å². The number of pyridine rings is 1. The van der Waals surface area contributed by atoms with Crippen LogP contribution in [0.2, 0.25) is 0 Å². The van der Waals surface area contributed by atoms with Crippen LogP contribution in [0.15, 0.2) is 60.8 Å². The first kappa shape index (κ1) is 13.6. The van der Waals surface area contributed by atoms with E-state index in [4.69, 9.17) is 0 Å². The minimum atomic E-state index is -0.193. The molecule has 106 valence electrons. The van der Waals surface area contributed by atoms with Gasteiger partial charge in [0.15, 0.2) is 0 Å². The van der Waals surface area contributed by atoms with Gasteiger partial charge in [0.1, 0.15) is 5.82 Å². The van der Waals surface area contributed by atoms with Crippen molar-refractivity contribution < 1.29 is 4.39 Å². The van der Waals surface area contributed by atoms with E-state index in [-0.39, 0.29) is 11.9 Å². The van der Waals surface area contributed by atoms with Crippen molar-refractivity contribution in [3.8, 4) is 0 Å². The average Bonchev–Trinajstić information content (AvgIpc) is 2.49. The summed E-state index contributed by atoms with van der Waals surface area (Å²) in [4.78, 5) is 4.31. The first-order chi connectivity index (χ1) is 10.2. The predicted octanol–water partition coefficient (Wildman–Crippen LogP) is 4.42. The third-order valence-electron chi connectivity index (χ3n) is 3.47. The molecule has 21 heavy (non-hydrogen) atoms. The van der Waals surface area contributed by atoms with Crippen LogP contribution in [0.4, 0.5) is 10.1 Å². The molecular formula is C18H17FN2. The highest BCUT2D eigenvalue weighted by Gasteiger charge is 2.05. The van der Waals surface area contributed by atoms with Gasteiger partial charge in [0.25, 0.3) is 0 Å². The molecule has 3 heteroatoms. The quantitative estimate of drug-likeness (QED) is 0.765. The lowest BCUT2D eigenvalue weighted by atomic mass is 10.1. The monoisotopic (exact) mass is 280 g/mol. The highest BCUT2D eigenvalue weighted by molar-refractivity contribution is 5.82. The SMILES string of the molecule is CC(Cc1ccc(F)cc1)Nc1ccc2ncccc2c1. The number of anilines is 1. The summed E-state index contributed by atoms with van der Waals surface area (Å²) < 4.78 is 12.9. The van der Waals surface area contributed by atoms with Crippen LogP contribution in [0.5, 0.6) is 0 Å². The number of nitrogens with zero attached hydrogens (tertiary/aromatic N) is 1. The number of nitrogens with one attached hydrogen (secondary N) is 1. The first-order valence-corrected chi connectivity index (χ1v) is 7.06. The zero-order valence-electron chi connectivity index (χ0n) is 11.9. The van der Waals surface area contributed by atoms with Gasteiger partial charge in [-0.05, 0) is 55.3 Å². The number of hydrogen-bond donors (Lipinski definition) is 1. The van der Waals surface area contributed by atoms with Crippen LogP contribution in [0.3, 0.4) is 0 Å². The maximum atomic E-state index is 12.9. The topological polar surface area (TPSA) is 24.9 Å². The van der Waals surface area contributed by atoms with Gasteiger partial charge in [0.2, 0.25) is 0 Å². The Kier molecular flexibility index (Phi) is 3.82. The fourth-order valence-electron chi connectivity index (χ4n) is 2.47. The van der Waals surface area contributed by atoms with Crippen molar-refractivity contribution in [3.05, 3.63) is 72.2 Å². The molecule has 2 nitrogen and oxygen atoms in total. The Balaban J connectivity index is 1.70. The molecule has 1 heterocycles. The summed E-state index contributed by atoms with van der Waals surface area (Å²) in [5.41, 5.74) is 3.19. The van der Waals surface area contributed by atoms with Gasteiger partial charge < -0.3 is 5.32 Å². The standard InChI is InChI=1S/C18H17FN2/c1-13(11-14-4-6-16(19)7-5-14)21-17-8-9-18-15(12-17)3-2-10-20-18/h2-10,12-13,21H,11H2,1H3. The molecule has 1 N–H and O–H groups in total. The Labute approximate surface area is 123 Å². The molecule has 0 saturated heterocycles. The predicted molar refractivity (Wildman–Crippen MR) is 84.9 cm³/mol. The number of aromatic nitrogens is 1. The molecule has 0 fully saturated rings. The fraction of sp³-hybridized carbons (Fsp3) is 0.167.